The van der Waals surface area contributed by atoms with Gasteiger partial charge in [-0.1, -0.05) is 17.0 Å². The van der Waals surface area contributed by atoms with Crippen molar-refractivity contribution in [1.82, 2.24) is 25.0 Å². The molecule has 0 spiro atoms. The van der Waals surface area contributed by atoms with Gasteiger partial charge in [-0.05, 0) is 20.1 Å². The van der Waals surface area contributed by atoms with Gasteiger partial charge in [-0.15, -0.1) is 5.10 Å². The lowest BCUT2D eigenvalue weighted by Gasteiger charge is -2.10. The van der Waals surface area contributed by atoms with Crippen LogP contribution in [0.15, 0.2) is 23.7 Å². The van der Waals surface area contributed by atoms with E-state index in [1.54, 1.807) is 30.2 Å². The number of carbonyl (C=O) groups excluding carboxylic acids is 1. The SMILES string of the molecule is CCOC(=O)c1cn(C(C)c2cnc(SC)nc2)nn1. The van der Waals surface area contributed by atoms with Crippen molar-refractivity contribution in [2.24, 2.45) is 0 Å². The summed E-state index contributed by atoms with van der Waals surface area (Å²) in [5, 5.41) is 8.47. The first-order valence-electron chi connectivity index (χ1n) is 6.10. The highest BCUT2D eigenvalue weighted by molar-refractivity contribution is 7.98. The molecule has 2 rings (SSSR count). The fourth-order valence-electron chi connectivity index (χ4n) is 1.56. The third-order valence-electron chi connectivity index (χ3n) is 2.70. The number of nitrogens with zero attached hydrogens (tertiary/aromatic N) is 5. The van der Waals surface area contributed by atoms with Crippen LogP contribution in [0.3, 0.4) is 0 Å². The van der Waals surface area contributed by atoms with E-state index in [4.69, 9.17) is 4.74 Å². The van der Waals surface area contributed by atoms with E-state index in [9.17, 15) is 4.79 Å². The highest BCUT2D eigenvalue weighted by Crippen LogP contribution is 2.17. The maximum Gasteiger partial charge on any atom is 0.360 e. The molecule has 0 aliphatic rings. The molecular formula is C12H15N5O2S. The molecule has 106 valence electrons. The minimum absolute atomic E-state index is 0.110. The predicted octanol–water partition coefficient (Wildman–Crippen LogP) is 1.58. The zero-order valence-corrected chi connectivity index (χ0v) is 12.3. The number of hydrogen-bond acceptors (Lipinski definition) is 7. The molecule has 0 aliphatic heterocycles. The average molecular weight is 293 g/mol. The normalized spacial score (nSPS) is 12.2. The molecule has 2 aromatic rings. The molecule has 8 heteroatoms. The first kappa shape index (κ1) is 14.4. The minimum atomic E-state index is -0.472. The second-order valence-electron chi connectivity index (χ2n) is 3.98. The molecule has 0 aliphatic carbocycles. The van der Waals surface area contributed by atoms with Gasteiger partial charge in [-0.2, -0.15) is 0 Å². The summed E-state index contributed by atoms with van der Waals surface area (Å²) in [4.78, 5) is 20.0. The Labute approximate surface area is 120 Å². The van der Waals surface area contributed by atoms with Crippen molar-refractivity contribution < 1.29 is 9.53 Å². The molecule has 0 radical (unpaired) electrons. The van der Waals surface area contributed by atoms with Gasteiger partial charge in [0, 0.05) is 18.0 Å². The summed E-state index contributed by atoms with van der Waals surface area (Å²) in [6, 6.07) is -0.110. The molecule has 1 atom stereocenters. The summed E-state index contributed by atoms with van der Waals surface area (Å²) in [6.45, 7) is 3.99. The summed E-state index contributed by atoms with van der Waals surface area (Å²) >= 11 is 1.48. The van der Waals surface area contributed by atoms with E-state index in [-0.39, 0.29) is 11.7 Å². The number of rotatable bonds is 5. The molecule has 7 nitrogen and oxygen atoms in total. The van der Waals surface area contributed by atoms with Crippen LogP contribution in [-0.4, -0.2) is 43.8 Å². The van der Waals surface area contributed by atoms with Crippen molar-refractivity contribution in [3.8, 4) is 0 Å². The Bertz CT molecular complexity index is 584. The summed E-state index contributed by atoms with van der Waals surface area (Å²) in [6.07, 6.45) is 6.97. The third kappa shape index (κ3) is 3.13. The van der Waals surface area contributed by atoms with Gasteiger partial charge in [0.05, 0.1) is 18.8 Å². The summed E-state index contributed by atoms with van der Waals surface area (Å²) < 4.78 is 6.46. The second-order valence-corrected chi connectivity index (χ2v) is 4.76. The van der Waals surface area contributed by atoms with Crippen molar-refractivity contribution in [3.05, 3.63) is 29.8 Å². The number of hydrogen-bond donors (Lipinski definition) is 0. The van der Waals surface area contributed by atoms with Gasteiger partial charge in [0.25, 0.3) is 0 Å². The van der Waals surface area contributed by atoms with Crippen LogP contribution in [-0.2, 0) is 4.74 Å². The zero-order chi connectivity index (χ0) is 14.5. The average Bonchev–Trinajstić information content (AvgIpc) is 2.97. The van der Waals surface area contributed by atoms with Gasteiger partial charge in [0.1, 0.15) is 0 Å². The lowest BCUT2D eigenvalue weighted by molar-refractivity contribution is 0.0519. The Kier molecular flexibility index (Phi) is 4.67. The van der Waals surface area contributed by atoms with Crippen LogP contribution in [0.25, 0.3) is 0 Å². The summed E-state index contributed by atoms with van der Waals surface area (Å²) in [5.41, 5.74) is 1.09. The van der Waals surface area contributed by atoms with E-state index in [1.807, 2.05) is 13.2 Å². The topological polar surface area (TPSA) is 82.8 Å². The Balaban J connectivity index is 2.16. The van der Waals surface area contributed by atoms with Gasteiger partial charge >= 0.3 is 5.97 Å². The molecule has 20 heavy (non-hydrogen) atoms. The lowest BCUT2D eigenvalue weighted by atomic mass is 10.2. The van der Waals surface area contributed by atoms with Crippen molar-refractivity contribution in [1.29, 1.82) is 0 Å². The molecule has 1 unspecified atom stereocenters. The van der Waals surface area contributed by atoms with E-state index in [0.717, 1.165) is 5.56 Å². The zero-order valence-electron chi connectivity index (χ0n) is 11.5. The fourth-order valence-corrected chi connectivity index (χ4v) is 1.88. The van der Waals surface area contributed by atoms with Gasteiger partial charge < -0.3 is 4.74 Å². The maximum absolute atomic E-state index is 11.5. The lowest BCUT2D eigenvalue weighted by Crippen LogP contribution is -2.09. The molecule has 0 amide bonds. The number of esters is 1. The predicted molar refractivity (Wildman–Crippen MR) is 73.6 cm³/mol. The van der Waals surface area contributed by atoms with Crippen LogP contribution in [0.1, 0.15) is 35.9 Å². The standard InChI is InChI=1S/C12H15N5O2S/c1-4-19-11(18)10-7-17(16-15-10)8(2)9-5-13-12(20-3)14-6-9/h5-8H,4H2,1-3H3. The number of thioether (sulfide) groups is 1. The van der Waals surface area contributed by atoms with Crippen molar-refractivity contribution >= 4 is 17.7 Å². The van der Waals surface area contributed by atoms with Gasteiger partial charge in [0.15, 0.2) is 10.9 Å². The van der Waals surface area contributed by atoms with Crippen molar-refractivity contribution in [2.75, 3.05) is 12.9 Å². The fraction of sp³-hybridized carbons (Fsp3) is 0.417. The molecule has 2 heterocycles. The Morgan fingerprint density at radius 1 is 1.45 bits per heavy atom. The molecule has 0 bridgehead atoms. The molecule has 0 saturated heterocycles. The van der Waals surface area contributed by atoms with Gasteiger partial charge in [-0.3, -0.25) is 0 Å². The van der Waals surface area contributed by atoms with E-state index < -0.39 is 5.97 Å². The van der Waals surface area contributed by atoms with Crippen LogP contribution in [0.4, 0.5) is 0 Å². The Hall–Kier alpha value is -1.96. The largest absolute Gasteiger partial charge is 0.461 e. The Morgan fingerprint density at radius 3 is 2.75 bits per heavy atom. The van der Waals surface area contributed by atoms with E-state index in [2.05, 4.69) is 20.3 Å². The first-order chi connectivity index (χ1) is 9.65. The molecular weight excluding hydrogens is 278 g/mol. The molecule has 0 N–H and O–H groups in total. The van der Waals surface area contributed by atoms with Crippen molar-refractivity contribution in [3.63, 3.8) is 0 Å². The van der Waals surface area contributed by atoms with Gasteiger partial charge in [0.2, 0.25) is 0 Å². The Morgan fingerprint density at radius 2 is 2.15 bits per heavy atom. The van der Waals surface area contributed by atoms with Gasteiger partial charge in [-0.25, -0.2) is 19.4 Å². The van der Waals surface area contributed by atoms with Crippen LogP contribution < -0.4 is 0 Å². The highest BCUT2D eigenvalue weighted by atomic mass is 32.2. The van der Waals surface area contributed by atoms with Crippen molar-refractivity contribution in [2.45, 2.75) is 25.0 Å². The molecule has 0 fully saturated rings. The summed E-state index contributed by atoms with van der Waals surface area (Å²) in [7, 11) is 0. The minimum Gasteiger partial charge on any atom is -0.461 e. The quantitative estimate of drug-likeness (QED) is 0.470. The van der Waals surface area contributed by atoms with Crippen LogP contribution in [0.5, 0.6) is 0 Å². The van der Waals surface area contributed by atoms with E-state index in [1.165, 1.54) is 11.8 Å². The first-order valence-corrected chi connectivity index (χ1v) is 7.33. The molecule has 0 aromatic carbocycles. The molecule has 2 aromatic heterocycles. The smallest absolute Gasteiger partial charge is 0.360 e. The number of aromatic nitrogens is 5. The monoisotopic (exact) mass is 293 g/mol. The van der Waals surface area contributed by atoms with E-state index in [0.29, 0.717) is 11.8 Å². The maximum atomic E-state index is 11.5. The van der Waals surface area contributed by atoms with Crippen LogP contribution in [0.2, 0.25) is 0 Å². The summed E-state index contributed by atoms with van der Waals surface area (Å²) in [5.74, 6) is -0.472. The molecule has 0 saturated carbocycles. The number of carbonyl (C=O) groups is 1. The second kappa shape index (κ2) is 6.47. The third-order valence-corrected chi connectivity index (χ3v) is 3.28. The van der Waals surface area contributed by atoms with E-state index >= 15 is 0 Å². The highest BCUT2D eigenvalue weighted by Gasteiger charge is 2.16. The number of ether oxygens (including phenoxy) is 1. The van der Waals surface area contributed by atoms with Crippen LogP contribution >= 0.6 is 11.8 Å². The van der Waals surface area contributed by atoms with Crippen LogP contribution in [0, 0.1) is 0 Å².